The minimum Gasteiger partial charge on any atom is -0.463 e. The summed E-state index contributed by atoms with van der Waals surface area (Å²) in [5.41, 5.74) is 0. The zero-order valence-corrected chi connectivity index (χ0v) is 16.4. The van der Waals surface area contributed by atoms with E-state index in [0.29, 0.717) is 5.75 Å². The topological polar surface area (TPSA) is 124 Å². The smallest absolute Gasteiger partial charge is 0.303 e. The van der Waals surface area contributed by atoms with Crippen molar-refractivity contribution in [1.82, 2.24) is 0 Å². The number of hydrogen-bond donors (Lipinski definition) is 1. The van der Waals surface area contributed by atoms with Gasteiger partial charge in [-0.3, -0.25) is 19.2 Å². The van der Waals surface area contributed by atoms with Gasteiger partial charge in [-0.1, -0.05) is 0 Å². The van der Waals surface area contributed by atoms with E-state index in [1.54, 1.807) is 0 Å². The predicted octanol–water partition coefficient (Wildman–Crippen LogP) is 0.0159. The summed E-state index contributed by atoms with van der Waals surface area (Å²) in [5, 5.41) is 0. The van der Waals surface area contributed by atoms with Gasteiger partial charge in [0, 0.05) is 33.4 Å². The highest BCUT2D eigenvalue weighted by Crippen LogP contribution is 2.29. The van der Waals surface area contributed by atoms with Gasteiger partial charge in [0.2, 0.25) is 0 Å². The maximum absolute atomic E-state index is 11.6. The van der Waals surface area contributed by atoms with Gasteiger partial charge in [0.05, 0.1) is 6.61 Å². The van der Waals surface area contributed by atoms with E-state index >= 15 is 0 Å². The molecule has 0 aromatic heterocycles. The zero-order valence-electron chi connectivity index (χ0n) is 15.5. The van der Waals surface area contributed by atoms with E-state index in [1.807, 2.05) is 0 Å². The first-order valence-electron chi connectivity index (χ1n) is 8.18. The summed E-state index contributed by atoms with van der Waals surface area (Å²) in [7, 11) is 0. The fraction of sp³-hybridized carbons (Fsp3) is 0.750. The molecule has 1 fully saturated rings. The van der Waals surface area contributed by atoms with Crippen LogP contribution in [0.4, 0.5) is 0 Å². The lowest BCUT2D eigenvalue weighted by atomic mass is 9.98. The second-order valence-corrected chi connectivity index (χ2v) is 6.11. The Labute approximate surface area is 162 Å². The van der Waals surface area contributed by atoms with Gasteiger partial charge in [-0.15, -0.1) is 0 Å². The number of carbonyl (C=O) groups is 4. The third kappa shape index (κ3) is 7.73. The molecule has 10 nitrogen and oxygen atoms in total. The van der Waals surface area contributed by atoms with Crippen molar-refractivity contribution < 1.29 is 47.6 Å². The predicted molar refractivity (Wildman–Crippen MR) is 91.8 cm³/mol. The van der Waals surface area contributed by atoms with Crippen molar-refractivity contribution in [1.29, 1.82) is 0 Å². The molecule has 1 aliphatic rings. The fourth-order valence-corrected chi connectivity index (χ4v) is 2.60. The highest BCUT2D eigenvalue weighted by atomic mass is 32.1. The third-order valence-corrected chi connectivity index (χ3v) is 3.50. The molecule has 5 atom stereocenters. The first-order chi connectivity index (χ1) is 12.6. The van der Waals surface area contributed by atoms with Crippen LogP contribution in [0.15, 0.2) is 0 Å². The molecule has 27 heavy (non-hydrogen) atoms. The Balaban J connectivity index is 3.22. The zero-order chi connectivity index (χ0) is 20.6. The van der Waals surface area contributed by atoms with Crippen LogP contribution in [0.2, 0.25) is 0 Å². The Kier molecular flexibility index (Phi) is 9.53. The highest BCUT2D eigenvalue weighted by Gasteiger charge is 2.52. The van der Waals surface area contributed by atoms with Crippen LogP contribution in [-0.2, 0) is 47.6 Å². The van der Waals surface area contributed by atoms with Gasteiger partial charge in [0.25, 0.3) is 0 Å². The number of carbonyl (C=O) groups excluding carboxylic acids is 4. The number of esters is 4. The van der Waals surface area contributed by atoms with Gasteiger partial charge >= 0.3 is 23.9 Å². The van der Waals surface area contributed by atoms with E-state index in [1.165, 1.54) is 6.92 Å². The first-order valence-corrected chi connectivity index (χ1v) is 8.81. The molecule has 0 aliphatic carbocycles. The van der Waals surface area contributed by atoms with Crippen LogP contribution in [0.25, 0.3) is 0 Å². The van der Waals surface area contributed by atoms with E-state index in [0.717, 1.165) is 20.8 Å². The maximum Gasteiger partial charge on any atom is 0.303 e. The Morgan fingerprint density at radius 3 is 1.81 bits per heavy atom. The van der Waals surface area contributed by atoms with Gasteiger partial charge in [0.1, 0.15) is 12.7 Å². The molecule has 1 saturated heterocycles. The molecule has 154 valence electrons. The van der Waals surface area contributed by atoms with Crippen molar-refractivity contribution in [3.05, 3.63) is 0 Å². The van der Waals surface area contributed by atoms with Crippen molar-refractivity contribution in [3.63, 3.8) is 0 Å². The Morgan fingerprint density at radius 2 is 1.33 bits per heavy atom. The molecule has 0 amide bonds. The number of rotatable bonds is 8. The Hall–Kier alpha value is -1.85. The summed E-state index contributed by atoms with van der Waals surface area (Å²) in [6.45, 7) is 4.50. The number of hydrogen-bond acceptors (Lipinski definition) is 11. The molecule has 0 radical (unpaired) electrons. The summed E-state index contributed by atoms with van der Waals surface area (Å²) in [4.78, 5) is 45.8. The molecule has 0 N–H and O–H groups in total. The quantitative estimate of drug-likeness (QED) is 0.334. The molecular formula is C16H24O10S. The molecule has 0 unspecified atom stereocenters. The summed E-state index contributed by atoms with van der Waals surface area (Å²) in [5.74, 6) is -2.31. The van der Waals surface area contributed by atoms with Crippen molar-refractivity contribution in [2.75, 3.05) is 19.0 Å². The van der Waals surface area contributed by atoms with Crippen LogP contribution < -0.4 is 0 Å². The summed E-state index contributed by atoms with van der Waals surface area (Å²) in [6.07, 6.45) is -5.79. The monoisotopic (exact) mass is 408 g/mol. The second kappa shape index (κ2) is 11.1. The van der Waals surface area contributed by atoms with E-state index in [-0.39, 0.29) is 13.2 Å². The van der Waals surface area contributed by atoms with Crippen LogP contribution >= 0.6 is 12.6 Å². The molecule has 1 aliphatic heterocycles. The largest absolute Gasteiger partial charge is 0.463 e. The molecular weight excluding hydrogens is 384 g/mol. The summed E-state index contributed by atoms with van der Waals surface area (Å²) < 4.78 is 31.8. The summed E-state index contributed by atoms with van der Waals surface area (Å²) in [6, 6.07) is 0. The standard InChI is InChI=1S/C16H24O10S/c1-8(17)22-7-12-13(23-9(2)18)14(24-10(3)19)15(25-11(4)20)16(26-12)21-5-6-27/h12-16,27H,5-7H2,1-4H3/t12-,13-,14+,15+,16+/m1/s1. The van der Waals surface area contributed by atoms with Gasteiger partial charge in [-0.2, -0.15) is 12.6 Å². The lowest BCUT2D eigenvalue weighted by molar-refractivity contribution is -0.307. The average molecular weight is 408 g/mol. The van der Waals surface area contributed by atoms with E-state index in [9.17, 15) is 19.2 Å². The van der Waals surface area contributed by atoms with Gasteiger partial charge < -0.3 is 28.4 Å². The Morgan fingerprint density at radius 1 is 0.815 bits per heavy atom. The van der Waals surface area contributed by atoms with E-state index < -0.39 is 54.6 Å². The molecule has 0 aromatic rings. The molecule has 0 saturated carbocycles. The molecule has 0 bridgehead atoms. The average Bonchev–Trinajstić information content (AvgIpc) is 2.54. The van der Waals surface area contributed by atoms with Crippen LogP contribution in [0.1, 0.15) is 27.7 Å². The molecule has 1 heterocycles. The van der Waals surface area contributed by atoms with Crippen molar-refractivity contribution in [3.8, 4) is 0 Å². The minimum absolute atomic E-state index is 0.136. The molecule has 0 aromatic carbocycles. The molecule has 0 spiro atoms. The minimum atomic E-state index is -1.23. The number of ether oxygens (including phenoxy) is 6. The first kappa shape index (κ1) is 23.2. The second-order valence-electron chi connectivity index (χ2n) is 5.66. The van der Waals surface area contributed by atoms with Crippen LogP contribution in [0, 0.1) is 0 Å². The van der Waals surface area contributed by atoms with Crippen molar-refractivity contribution >= 4 is 36.5 Å². The van der Waals surface area contributed by atoms with Crippen LogP contribution in [0.5, 0.6) is 0 Å². The Bertz CT molecular complexity index is 551. The van der Waals surface area contributed by atoms with Crippen molar-refractivity contribution in [2.24, 2.45) is 0 Å². The fourth-order valence-electron chi connectivity index (χ4n) is 2.49. The third-order valence-electron chi connectivity index (χ3n) is 3.32. The van der Waals surface area contributed by atoms with E-state index in [2.05, 4.69) is 12.6 Å². The normalized spacial score (nSPS) is 27.4. The van der Waals surface area contributed by atoms with Gasteiger partial charge in [-0.25, -0.2) is 0 Å². The van der Waals surface area contributed by atoms with Crippen LogP contribution in [0.3, 0.4) is 0 Å². The van der Waals surface area contributed by atoms with Crippen LogP contribution in [-0.4, -0.2) is 73.5 Å². The maximum atomic E-state index is 11.6. The lowest BCUT2D eigenvalue weighted by Gasteiger charge is -2.44. The van der Waals surface area contributed by atoms with Gasteiger partial charge in [0.15, 0.2) is 24.6 Å². The molecule has 11 heteroatoms. The van der Waals surface area contributed by atoms with Crippen molar-refractivity contribution in [2.45, 2.75) is 58.4 Å². The van der Waals surface area contributed by atoms with E-state index in [4.69, 9.17) is 28.4 Å². The molecule has 1 rings (SSSR count). The highest BCUT2D eigenvalue weighted by molar-refractivity contribution is 7.80. The van der Waals surface area contributed by atoms with Gasteiger partial charge in [-0.05, 0) is 0 Å². The summed E-state index contributed by atoms with van der Waals surface area (Å²) >= 11 is 4.04. The SMILES string of the molecule is CC(=O)OC[C@H]1O[C@H](OCCS)[C@@H](OC(C)=O)[C@@H](OC(C)=O)[C@@H]1OC(C)=O. The number of thiol groups is 1. The lowest BCUT2D eigenvalue weighted by Crippen LogP contribution is -2.63.